The minimum absolute atomic E-state index is 0.00893. The van der Waals surface area contributed by atoms with Crippen LogP contribution in [-0.4, -0.2) is 35.2 Å². The first-order valence-electron chi connectivity index (χ1n) is 8.22. The van der Waals surface area contributed by atoms with Gasteiger partial charge in [0.05, 0.1) is 20.1 Å². The number of methoxy groups -OCH3 is 1. The van der Waals surface area contributed by atoms with E-state index in [0.717, 1.165) is 30.8 Å². The van der Waals surface area contributed by atoms with Gasteiger partial charge in [-0.25, -0.2) is 4.98 Å². The Balaban J connectivity index is 1.45. The van der Waals surface area contributed by atoms with Crippen LogP contribution in [0.3, 0.4) is 0 Å². The Morgan fingerprint density at radius 1 is 1.42 bits per heavy atom. The fourth-order valence-electron chi connectivity index (χ4n) is 2.93. The summed E-state index contributed by atoms with van der Waals surface area (Å²) in [5, 5.41) is 3.07. The highest BCUT2D eigenvalue weighted by Gasteiger charge is 2.20. The summed E-state index contributed by atoms with van der Waals surface area (Å²) in [6, 6.07) is 5.91. The molecule has 3 rings (SSSR count). The van der Waals surface area contributed by atoms with Crippen LogP contribution in [0.5, 0.6) is 11.5 Å². The van der Waals surface area contributed by atoms with Crippen LogP contribution in [0, 0.1) is 6.92 Å². The van der Waals surface area contributed by atoms with Gasteiger partial charge in [0.2, 0.25) is 5.91 Å². The molecule has 0 bridgehead atoms. The molecule has 0 radical (unpaired) electrons. The molecule has 0 aliphatic carbocycles. The molecular formula is C18H23N3O3. The molecule has 1 aromatic heterocycles. The number of aryl methyl sites for hydroxylation is 2. The van der Waals surface area contributed by atoms with Gasteiger partial charge in [0, 0.05) is 31.4 Å². The van der Waals surface area contributed by atoms with Gasteiger partial charge in [0.1, 0.15) is 5.82 Å². The lowest BCUT2D eigenvalue weighted by Crippen LogP contribution is -2.41. The molecule has 0 spiro atoms. The molecule has 1 amide bonds. The van der Waals surface area contributed by atoms with Crippen LogP contribution in [0.25, 0.3) is 0 Å². The molecule has 2 aromatic rings. The van der Waals surface area contributed by atoms with E-state index in [-0.39, 0.29) is 11.9 Å². The van der Waals surface area contributed by atoms with Gasteiger partial charge in [-0.2, -0.15) is 0 Å². The third-order valence-corrected chi connectivity index (χ3v) is 4.21. The summed E-state index contributed by atoms with van der Waals surface area (Å²) in [4.78, 5) is 16.4. The number of benzene rings is 1. The first-order chi connectivity index (χ1) is 11.7. The zero-order chi connectivity index (χ0) is 16.9. The number of hydrogen-bond acceptors (Lipinski definition) is 4. The highest BCUT2D eigenvalue weighted by atomic mass is 16.5. The maximum absolute atomic E-state index is 12.1. The summed E-state index contributed by atoms with van der Waals surface area (Å²) in [6.07, 6.45) is 5.91. The van der Waals surface area contributed by atoms with Gasteiger partial charge in [-0.05, 0) is 31.0 Å². The summed E-state index contributed by atoms with van der Waals surface area (Å²) < 4.78 is 13.1. The normalized spacial score (nSPS) is 16.3. The largest absolute Gasteiger partial charge is 0.493 e. The molecule has 2 heterocycles. The zero-order valence-electron chi connectivity index (χ0n) is 14.1. The average molecular weight is 329 g/mol. The summed E-state index contributed by atoms with van der Waals surface area (Å²) in [7, 11) is 1.61. The Morgan fingerprint density at radius 2 is 2.29 bits per heavy atom. The van der Waals surface area contributed by atoms with E-state index in [9.17, 15) is 4.79 Å². The predicted octanol–water partition coefficient (Wildman–Crippen LogP) is 2.10. The van der Waals surface area contributed by atoms with E-state index >= 15 is 0 Å². The summed E-state index contributed by atoms with van der Waals surface area (Å²) in [5.41, 5.74) is 1.10. The van der Waals surface area contributed by atoms with Crippen molar-refractivity contribution in [3.63, 3.8) is 0 Å². The molecule has 1 N–H and O–H groups in total. The van der Waals surface area contributed by atoms with Gasteiger partial charge in [-0.15, -0.1) is 0 Å². The minimum Gasteiger partial charge on any atom is -0.493 e. The van der Waals surface area contributed by atoms with Gasteiger partial charge in [0.25, 0.3) is 0 Å². The molecule has 0 fully saturated rings. The summed E-state index contributed by atoms with van der Waals surface area (Å²) >= 11 is 0. The topological polar surface area (TPSA) is 65.4 Å². The quantitative estimate of drug-likeness (QED) is 0.881. The van der Waals surface area contributed by atoms with E-state index in [2.05, 4.69) is 14.9 Å². The maximum Gasteiger partial charge on any atom is 0.223 e. The predicted molar refractivity (Wildman–Crippen MR) is 90.3 cm³/mol. The highest BCUT2D eigenvalue weighted by Crippen LogP contribution is 2.27. The Kier molecular flexibility index (Phi) is 5.03. The van der Waals surface area contributed by atoms with Gasteiger partial charge in [0.15, 0.2) is 11.5 Å². The Hall–Kier alpha value is -2.50. The molecule has 6 nitrogen and oxygen atoms in total. The summed E-state index contributed by atoms with van der Waals surface area (Å²) in [5.74, 6) is 2.46. The summed E-state index contributed by atoms with van der Waals surface area (Å²) in [6.45, 7) is 3.11. The van der Waals surface area contributed by atoms with Crippen molar-refractivity contribution in [2.75, 3.05) is 13.7 Å². The molecule has 0 unspecified atom stereocenters. The van der Waals surface area contributed by atoms with Crippen molar-refractivity contribution in [2.24, 2.45) is 0 Å². The van der Waals surface area contributed by atoms with E-state index < -0.39 is 0 Å². The number of carbonyl (C=O) groups is 1. The lowest BCUT2D eigenvalue weighted by molar-refractivity contribution is -0.122. The molecule has 128 valence electrons. The van der Waals surface area contributed by atoms with Gasteiger partial charge < -0.3 is 19.4 Å². The Bertz CT molecular complexity index is 711. The van der Waals surface area contributed by atoms with E-state index in [4.69, 9.17) is 9.47 Å². The van der Waals surface area contributed by atoms with Crippen LogP contribution in [0.1, 0.15) is 24.2 Å². The van der Waals surface area contributed by atoms with Crippen molar-refractivity contribution in [3.05, 3.63) is 42.0 Å². The Morgan fingerprint density at radius 3 is 3.12 bits per heavy atom. The third kappa shape index (κ3) is 3.88. The van der Waals surface area contributed by atoms with Crippen molar-refractivity contribution < 1.29 is 14.3 Å². The molecule has 0 saturated carbocycles. The molecule has 1 aliphatic rings. The maximum atomic E-state index is 12.1. The number of nitrogens with zero attached hydrogens (tertiary/aromatic N) is 2. The molecule has 1 atom stereocenters. The lowest BCUT2D eigenvalue weighted by atomic mass is 10.1. The second-order valence-corrected chi connectivity index (χ2v) is 6.05. The van der Waals surface area contributed by atoms with Crippen LogP contribution in [0.15, 0.2) is 30.6 Å². The van der Waals surface area contributed by atoms with Crippen LogP contribution < -0.4 is 14.8 Å². The second kappa shape index (κ2) is 7.38. The van der Waals surface area contributed by atoms with E-state index in [1.165, 1.54) is 0 Å². The van der Waals surface area contributed by atoms with Crippen LogP contribution in [0.2, 0.25) is 0 Å². The fraction of sp³-hybridized carbons (Fsp3) is 0.444. The van der Waals surface area contributed by atoms with Crippen molar-refractivity contribution in [1.82, 2.24) is 14.9 Å². The number of ether oxygens (including phenoxy) is 2. The molecular weight excluding hydrogens is 306 g/mol. The monoisotopic (exact) mass is 329 g/mol. The lowest BCUT2D eigenvalue weighted by Gasteiger charge is -2.24. The number of fused-ring (bicyclic) bond motifs is 1. The minimum atomic E-state index is 0.00893. The number of carbonyl (C=O) groups excluding carboxylic acids is 1. The van der Waals surface area contributed by atoms with E-state index in [1.54, 1.807) is 7.11 Å². The van der Waals surface area contributed by atoms with Crippen LogP contribution in [-0.2, 0) is 17.8 Å². The SMILES string of the molecule is COc1cc(C)ccc1OCCC(=O)N[C@@H]1CCc2nccn2C1. The van der Waals surface area contributed by atoms with Gasteiger partial charge >= 0.3 is 0 Å². The molecule has 1 aromatic carbocycles. The van der Waals surface area contributed by atoms with Gasteiger partial charge in [-0.3, -0.25) is 4.79 Å². The van der Waals surface area contributed by atoms with E-state index in [1.807, 2.05) is 37.5 Å². The molecule has 0 saturated heterocycles. The number of aromatic nitrogens is 2. The van der Waals surface area contributed by atoms with Crippen LogP contribution in [0.4, 0.5) is 0 Å². The van der Waals surface area contributed by atoms with Crippen molar-refractivity contribution in [3.8, 4) is 11.5 Å². The van der Waals surface area contributed by atoms with E-state index in [0.29, 0.717) is 24.5 Å². The number of imidazole rings is 1. The first-order valence-corrected chi connectivity index (χ1v) is 8.22. The smallest absolute Gasteiger partial charge is 0.223 e. The van der Waals surface area contributed by atoms with Crippen molar-refractivity contribution >= 4 is 5.91 Å². The fourth-order valence-corrected chi connectivity index (χ4v) is 2.93. The number of nitrogens with one attached hydrogen (secondary N) is 1. The third-order valence-electron chi connectivity index (χ3n) is 4.21. The van der Waals surface area contributed by atoms with Crippen molar-refractivity contribution in [2.45, 2.75) is 38.8 Å². The second-order valence-electron chi connectivity index (χ2n) is 6.05. The number of hydrogen-bond donors (Lipinski definition) is 1. The molecule has 6 heteroatoms. The standard InChI is InChI=1S/C18H23N3O3/c1-13-3-5-15(16(11-13)23-2)24-10-7-18(22)20-14-4-6-17-19-8-9-21(17)12-14/h3,5,8-9,11,14H,4,6-7,10,12H2,1-2H3,(H,20,22)/t14-/m1/s1. The molecule has 24 heavy (non-hydrogen) atoms. The number of amides is 1. The van der Waals surface area contributed by atoms with Crippen LogP contribution >= 0.6 is 0 Å². The first kappa shape index (κ1) is 16.4. The van der Waals surface area contributed by atoms with Crippen molar-refractivity contribution in [1.29, 1.82) is 0 Å². The van der Waals surface area contributed by atoms with Gasteiger partial charge in [-0.1, -0.05) is 6.07 Å². The zero-order valence-corrected chi connectivity index (χ0v) is 14.1. The number of rotatable bonds is 6. The Labute approximate surface area is 141 Å². The average Bonchev–Trinajstić information content (AvgIpc) is 3.03. The molecule has 1 aliphatic heterocycles. The highest BCUT2D eigenvalue weighted by molar-refractivity contribution is 5.76.